The van der Waals surface area contributed by atoms with Crippen LogP contribution in [0.4, 0.5) is 5.82 Å². The Balaban J connectivity index is 1.60. The molecule has 5 heteroatoms. The van der Waals surface area contributed by atoms with Crippen LogP contribution in [0.1, 0.15) is 11.1 Å². The summed E-state index contributed by atoms with van der Waals surface area (Å²) >= 11 is 0. The number of anilines is 1. The van der Waals surface area contributed by atoms with Gasteiger partial charge < -0.3 is 15.0 Å². The first-order valence-corrected chi connectivity index (χ1v) is 8.35. The summed E-state index contributed by atoms with van der Waals surface area (Å²) in [4.78, 5) is 12.3. The van der Waals surface area contributed by atoms with Crippen LogP contribution in [-0.2, 0) is 6.42 Å². The van der Waals surface area contributed by atoms with Crippen LogP contribution in [-0.4, -0.2) is 28.6 Å². The minimum Gasteiger partial charge on any atom is -0.496 e. The Bertz CT molecular complexity index is 1040. The monoisotopic (exact) mass is 332 g/mol. The predicted molar refractivity (Wildman–Crippen MR) is 101 cm³/mol. The second kappa shape index (κ2) is 6.43. The van der Waals surface area contributed by atoms with Crippen LogP contribution in [0.25, 0.3) is 21.9 Å². The standard InChI is InChI=1S/C20H20N4O/c1-13-7-8-16-15(11-13)18-19(24-16)20(23-12-22-18)21-10-9-14-5-3-4-6-17(14)25-2/h3-8,11-12,24H,9-10H2,1-2H3,(H,21,22,23). The molecule has 2 N–H and O–H groups in total. The summed E-state index contributed by atoms with van der Waals surface area (Å²) in [6, 6.07) is 14.4. The van der Waals surface area contributed by atoms with Crippen LogP contribution in [0.2, 0.25) is 0 Å². The van der Waals surface area contributed by atoms with Crippen LogP contribution in [0.3, 0.4) is 0 Å². The molecule has 0 atom stereocenters. The number of methoxy groups -OCH3 is 1. The fourth-order valence-corrected chi connectivity index (χ4v) is 3.16. The van der Waals surface area contributed by atoms with E-state index in [1.165, 1.54) is 11.1 Å². The Hall–Kier alpha value is -3.08. The van der Waals surface area contributed by atoms with Crippen molar-refractivity contribution >= 4 is 27.8 Å². The molecule has 0 saturated carbocycles. The zero-order valence-electron chi connectivity index (χ0n) is 14.3. The number of hydrogen-bond donors (Lipinski definition) is 2. The summed E-state index contributed by atoms with van der Waals surface area (Å²) in [5.74, 6) is 1.74. The van der Waals surface area contributed by atoms with Gasteiger partial charge in [0.05, 0.1) is 7.11 Å². The van der Waals surface area contributed by atoms with Crippen molar-refractivity contribution < 1.29 is 4.74 Å². The molecule has 126 valence electrons. The number of H-pyrrole nitrogens is 1. The molecule has 0 radical (unpaired) electrons. The summed E-state index contributed by atoms with van der Waals surface area (Å²) in [5, 5.41) is 4.55. The van der Waals surface area contributed by atoms with Crippen LogP contribution >= 0.6 is 0 Å². The van der Waals surface area contributed by atoms with Gasteiger partial charge in [0.15, 0.2) is 5.82 Å². The highest BCUT2D eigenvalue weighted by atomic mass is 16.5. The maximum Gasteiger partial charge on any atom is 0.153 e. The van der Waals surface area contributed by atoms with Crippen molar-refractivity contribution in [2.45, 2.75) is 13.3 Å². The molecule has 0 bridgehead atoms. The van der Waals surface area contributed by atoms with Crippen molar-refractivity contribution in [2.24, 2.45) is 0 Å². The normalized spacial score (nSPS) is 11.1. The van der Waals surface area contributed by atoms with Gasteiger partial charge in [-0.25, -0.2) is 9.97 Å². The second-order valence-electron chi connectivity index (χ2n) is 6.11. The lowest BCUT2D eigenvalue weighted by molar-refractivity contribution is 0.410. The Labute approximate surface area is 146 Å². The molecule has 2 aromatic heterocycles. The molecule has 25 heavy (non-hydrogen) atoms. The van der Waals surface area contributed by atoms with E-state index < -0.39 is 0 Å². The van der Waals surface area contributed by atoms with Crippen molar-refractivity contribution in [3.63, 3.8) is 0 Å². The number of nitrogens with one attached hydrogen (secondary N) is 2. The van der Waals surface area contributed by atoms with Crippen LogP contribution in [0, 0.1) is 6.92 Å². The molecule has 2 heterocycles. The highest BCUT2D eigenvalue weighted by Gasteiger charge is 2.10. The molecule has 0 amide bonds. The Morgan fingerprint density at radius 2 is 2.00 bits per heavy atom. The van der Waals surface area contributed by atoms with Gasteiger partial charge in [-0.3, -0.25) is 0 Å². The largest absolute Gasteiger partial charge is 0.496 e. The molecule has 0 spiro atoms. The molecule has 0 aliphatic carbocycles. The molecular weight excluding hydrogens is 312 g/mol. The predicted octanol–water partition coefficient (Wildman–Crippen LogP) is 4.08. The molecule has 5 nitrogen and oxygen atoms in total. The van der Waals surface area contributed by atoms with Gasteiger partial charge in [0, 0.05) is 17.4 Å². The van der Waals surface area contributed by atoms with E-state index in [4.69, 9.17) is 4.74 Å². The zero-order valence-corrected chi connectivity index (χ0v) is 14.3. The van der Waals surface area contributed by atoms with Gasteiger partial charge in [0.2, 0.25) is 0 Å². The summed E-state index contributed by atoms with van der Waals surface area (Å²) in [6.45, 7) is 2.85. The van der Waals surface area contributed by atoms with Gasteiger partial charge in [0.25, 0.3) is 0 Å². The van der Waals surface area contributed by atoms with E-state index >= 15 is 0 Å². The smallest absolute Gasteiger partial charge is 0.153 e. The number of rotatable bonds is 5. The Kier molecular flexibility index (Phi) is 3.98. The van der Waals surface area contributed by atoms with E-state index in [9.17, 15) is 0 Å². The number of aromatic nitrogens is 3. The molecule has 0 fully saturated rings. The molecule has 0 unspecified atom stereocenters. The van der Waals surface area contributed by atoms with Crippen molar-refractivity contribution in [2.75, 3.05) is 19.0 Å². The van der Waals surface area contributed by atoms with Crippen LogP contribution < -0.4 is 10.1 Å². The van der Waals surface area contributed by atoms with Crippen LogP contribution in [0.5, 0.6) is 5.75 Å². The van der Waals surface area contributed by atoms with E-state index in [2.05, 4.69) is 51.5 Å². The first kappa shape index (κ1) is 15.4. The van der Waals surface area contributed by atoms with Gasteiger partial charge >= 0.3 is 0 Å². The van der Waals surface area contributed by atoms with Gasteiger partial charge in [-0.1, -0.05) is 29.8 Å². The first-order chi connectivity index (χ1) is 12.3. The summed E-state index contributed by atoms with van der Waals surface area (Å²) in [6.07, 6.45) is 2.47. The molecule has 0 saturated heterocycles. The van der Waals surface area contributed by atoms with E-state index in [0.717, 1.165) is 46.5 Å². The maximum atomic E-state index is 5.41. The summed E-state index contributed by atoms with van der Waals surface area (Å²) in [5.41, 5.74) is 5.37. The van der Waals surface area contributed by atoms with E-state index in [1.54, 1.807) is 13.4 Å². The van der Waals surface area contributed by atoms with Crippen LogP contribution in [0.15, 0.2) is 48.8 Å². The fourth-order valence-electron chi connectivity index (χ4n) is 3.16. The maximum absolute atomic E-state index is 5.41. The number of benzene rings is 2. The number of hydrogen-bond acceptors (Lipinski definition) is 4. The highest BCUT2D eigenvalue weighted by molar-refractivity contribution is 6.08. The average molecular weight is 332 g/mol. The molecular formula is C20H20N4O. The quantitative estimate of drug-likeness (QED) is 0.578. The second-order valence-corrected chi connectivity index (χ2v) is 6.11. The number of nitrogens with zero attached hydrogens (tertiary/aromatic N) is 2. The van der Waals surface area contributed by atoms with Gasteiger partial charge in [-0.15, -0.1) is 0 Å². The van der Waals surface area contributed by atoms with E-state index in [0.29, 0.717) is 0 Å². The lowest BCUT2D eigenvalue weighted by Gasteiger charge is -2.09. The molecule has 0 aliphatic rings. The number of ether oxygens (including phenoxy) is 1. The minimum absolute atomic E-state index is 0.765. The summed E-state index contributed by atoms with van der Waals surface area (Å²) in [7, 11) is 1.70. The fraction of sp³-hybridized carbons (Fsp3) is 0.200. The minimum atomic E-state index is 0.765. The molecule has 4 aromatic rings. The molecule has 4 rings (SSSR count). The third kappa shape index (κ3) is 2.89. The first-order valence-electron chi connectivity index (χ1n) is 8.35. The van der Waals surface area contributed by atoms with Gasteiger partial charge in [-0.05, 0) is 37.1 Å². The topological polar surface area (TPSA) is 62.8 Å². The Morgan fingerprint density at radius 1 is 1.12 bits per heavy atom. The zero-order chi connectivity index (χ0) is 17.2. The lowest BCUT2D eigenvalue weighted by Crippen LogP contribution is -2.07. The molecule has 2 aromatic carbocycles. The number of aromatic amines is 1. The SMILES string of the molecule is COc1ccccc1CCNc1ncnc2c1[nH]c1ccc(C)cc12. The van der Waals surface area contributed by atoms with Crippen molar-refractivity contribution in [3.8, 4) is 5.75 Å². The van der Waals surface area contributed by atoms with Crippen molar-refractivity contribution in [3.05, 3.63) is 59.9 Å². The van der Waals surface area contributed by atoms with E-state index in [1.807, 2.05) is 18.2 Å². The number of para-hydroxylation sites is 1. The van der Waals surface area contributed by atoms with Gasteiger partial charge in [0.1, 0.15) is 23.1 Å². The van der Waals surface area contributed by atoms with E-state index in [-0.39, 0.29) is 0 Å². The number of aryl methyl sites for hydroxylation is 1. The van der Waals surface area contributed by atoms with Crippen molar-refractivity contribution in [1.29, 1.82) is 0 Å². The Morgan fingerprint density at radius 3 is 2.88 bits per heavy atom. The average Bonchev–Trinajstić information content (AvgIpc) is 3.01. The lowest BCUT2D eigenvalue weighted by atomic mass is 10.1. The van der Waals surface area contributed by atoms with Crippen molar-refractivity contribution in [1.82, 2.24) is 15.0 Å². The summed E-state index contributed by atoms with van der Waals surface area (Å²) < 4.78 is 5.41. The third-order valence-electron chi connectivity index (χ3n) is 4.42. The third-order valence-corrected chi connectivity index (χ3v) is 4.42. The molecule has 0 aliphatic heterocycles. The number of fused-ring (bicyclic) bond motifs is 3. The van der Waals surface area contributed by atoms with Gasteiger partial charge in [-0.2, -0.15) is 0 Å². The highest BCUT2D eigenvalue weighted by Crippen LogP contribution is 2.28.